The number of methoxy groups -OCH3 is 1. The van der Waals surface area contributed by atoms with E-state index in [1.165, 1.54) is 0 Å². The molecule has 88 valence electrons. The third-order valence-corrected chi connectivity index (χ3v) is 2.98. The van der Waals surface area contributed by atoms with Gasteiger partial charge in [0.1, 0.15) is 0 Å². The lowest BCUT2D eigenvalue weighted by Gasteiger charge is -2.16. The van der Waals surface area contributed by atoms with E-state index in [0.29, 0.717) is 12.5 Å². The first-order valence-corrected chi connectivity index (χ1v) is 5.52. The highest BCUT2D eigenvalue weighted by atomic mass is 16.5. The maximum atomic E-state index is 10.9. The quantitative estimate of drug-likeness (QED) is 0.745. The average molecular weight is 215 g/mol. The number of carboxylic acids is 1. The van der Waals surface area contributed by atoms with Crippen LogP contribution in [0.4, 0.5) is 0 Å². The van der Waals surface area contributed by atoms with Crippen LogP contribution in [0, 0.1) is 11.8 Å². The van der Waals surface area contributed by atoms with Crippen molar-refractivity contribution < 1.29 is 14.6 Å². The van der Waals surface area contributed by atoms with Gasteiger partial charge in [-0.1, -0.05) is 13.8 Å². The zero-order valence-electron chi connectivity index (χ0n) is 9.77. The zero-order valence-corrected chi connectivity index (χ0v) is 9.77. The molecule has 1 saturated heterocycles. The van der Waals surface area contributed by atoms with E-state index in [4.69, 9.17) is 9.84 Å². The van der Waals surface area contributed by atoms with Crippen molar-refractivity contribution in [2.45, 2.75) is 26.4 Å². The number of aliphatic carboxylic acids is 1. The topological polar surface area (TPSA) is 49.8 Å². The molecule has 2 unspecified atom stereocenters. The van der Waals surface area contributed by atoms with Crippen LogP contribution in [0.3, 0.4) is 0 Å². The zero-order chi connectivity index (χ0) is 11.4. The van der Waals surface area contributed by atoms with Crippen LogP contribution in [0.1, 0.15) is 20.3 Å². The third kappa shape index (κ3) is 3.47. The first-order chi connectivity index (χ1) is 7.04. The summed E-state index contributed by atoms with van der Waals surface area (Å²) in [7, 11) is 1.59. The fraction of sp³-hybridized carbons (Fsp3) is 0.909. The molecule has 0 aromatic heterocycles. The lowest BCUT2D eigenvalue weighted by Crippen LogP contribution is -2.27. The van der Waals surface area contributed by atoms with E-state index in [2.05, 4.69) is 18.7 Å². The van der Waals surface area contributed by atoms with Gasteiger partial charge >= 0.3 is 5.97 Å². The van der Waals surface area contributed by atoms with Crippen molar-refractivity contribution in [3.05, 3.63) is 0 Å². The van der Waals surface area contributed by atoms with Gasteiger partial charge in [-0.05, 0) is 18.9 Å². The van der Waals surface area contributed by atoms with Gasteiger partial charge in [0.25, 0.3) is 0 Å². The molecule has 4 nitrogen and oxygen atoms in total. The van der Waals surface area contributed by atoms with Crippen molar-refractivity contribution in [2.24, 2.45) is 11.8 Å². The number of carboxylic acid groups (broad SMARTS) is 1. The Morgan fingerprint density at radius 2 is 2.20 bits per heavy atom. The van der Waals surface area contributed by atoms with Gasteiger partial charge in [0.05, 0.1) is 12.0 Å². The number of carbonyl (C=O) groups is 1. The first-order valence-electron chi connectivity index (χ1n) is 5.52. The van der Waals surface area contributed by atoms with Crippen LogP contribution in [0.15, 0.2) is 0 Å². The fourth-order valence-electron chi connectivity index (χ4n) is 1.95. The molecule has 1 fully saturated rings. The predicted molar refractivity (Wildman–Crippen MR) is 57.8 cm³/mol. The molecule has 2 atom stereocenters. The summed E-state index contributed by atoms with van der Waals surface area (Å²) in [5, 5.41) is 9.00. The summed E-state index contributed by atoms with van der Waals surface area (Å²) in [4.78, 5) is 13.1. The molecule has 1 heterocycles. The van der Waals surface area contributed by atoms with Gasteiger partial charge in [-0.15, -0.1) is 0 Å². The molecule has 1 rings (SSSR count). The van der Waals surface area contributed by atoms with Crippen molar-refractivity contribution in [1.82, 2.24) is 4.90 Å². The normalized spacial score (nSPS) is 27.5. The van der Waals surface area contributed by atoms with Crippen LogP contribution in [0.25, 0.3) is 0 Å². The molecule has 0 amide bonds. The maximum Gasteiger partial charge on any atom is 0.310 e. The minimum Gasteiger partial charge on any atom is -0.481 e. The van der Waals surface area contributed by atoms with Gasteiger partial charge in [-0.2, -0.15) is 0 Å². The van der Waals surface area contributed by atoms with E-state index in [0.717, 1.165) is 19.5 Å². The number of ether oxygens (including phenoxy) is 1. The van der Waals surface area contributed by atoms with Crippen LogP contribution < -0.4 is 0 Å². The average Bonchev–Trinajstić information content (AvgIpc) is 2.57. The minimum absolute atomic E-state index is 0.144. The maximum absolute atomic E-state index is 10.9. The Labute approximate surface area is 91.2 Å². The Bertz CT molecular complexity index is 218. The first kappa shape index (κ1) is 12.5. The van der Waals surface area contributed by atoms with Gasteiger partial charge in [0, 0.05) is 20.2 Å². The van der Waals surface area contributed by atoms with Crippen molar-refractivity contribution in [3.8, 4) is 0 Å². The van der Waals surface area contributed by atoms with Gasteiger partial charge in [-0.3, -0.25) is 9.69 Å². The smallest absolute Gasteiger partial charge is 0.310 e. The highest BCUT2D eigenvalue weighted by Crippen LogP contribution is 2.20. The van der Waals surface area contributed by atoms with Gasteiger partial charge in [0.2, 0.25) is 0 Å². The Kier molecular flexibility index (Phi) is 4.54. The molecule has 0 radical (unpaired) electrons. The van der Waals surface area contributed by atoms with Gasteiger partial charge < -0.3 is 9.84 Å². The van der Waals surface area contributed by atoms with E-state index < -0.39 is 5.97 Å². The molecule has 0 aliphatic carbocycles. The molecule has 1 N–H and O–H groups in total. The number of rotatable bonds is 5. The summed E-state index contributed by atoms with van der Waals surface area (Å²) < 4.78 is 5.20. The predicted octanol–water partition coefficient (Wildman–Crippen LogP) is 1.06. The summed E-state index contributed by atoms with van der Waals surface area (Å²) >= 11 is 0. The summed E-state index contributed by atoms with van der Waals surface area (Å²) in [5.74, 6) is -0.439. The second-order valence-corrected chi connectivity index (χ2v) is 4.66. The van der Waals surface area contributed by atoms with Crippen molar-refractivity contribution in [2.75, 3.05) is 26.7 Å². The summed E-state index contributed by atoms with van der Waals surface area (Å²) in [6.45, 7) is 6.71. The lowest BCUT2D eigenvalue weighted by atomic mass is 10.1. The summed E-state index contributed by atoms with van der Waals surface area (Å²) in [6.07, 6.45) is 0.970. The van der Waals surface area contributed by atoms with Crippen LogP contribution in [0.2, 0.25) is 0 Å². The third-order valence-electron chi connectivity index (χ3n) is 2.98. The number of nitrogens with zero attached hydrogens (tertiary/aromatic N) is 1. The van der Waals surface area contributed by atoms with Crippen molar-refractivity contribution >= 4 is 5.97 Å². The van der Waals surface area contributed by atoms with Crippen LogP contribution in [-0.4, -0.2) is 48.8 Å². The molecule has 0 saturated carbocycles. The molecule has 1 aliphatic heterocycles. The summed E-state index contributed by atoms with van der Waals surface area (Å²) in [6, 6.07) is 0. The largest absolute Gasteiger partial charge is 0.481 e. The lowest BCUT2D eigenvalue weighted by molar-refractivity contribution is -0.144. The molecule has 0 aromatic rings. The van der Waals surface area contributed by atoms with Crippen molar-refractivity contribution in [1.29, 1.82) is 0 Å². The number of hydrogen-bond donors (Lipinski definition) is 1. The Morgan fingerprint density at radius 3 is 2.60 bits per heavy atom. The standard InChI is InChI=1S/C11H21NO3/c1-8(2)4-5-12-6-9(11(13)14)10(7-12)15-3/h8-10H,4-7H2,1-3H3,(H,13,14). The van der Waals surface area contributed by atoms with E-state index in [1.807, 2.05) is 0 Å². The minimum atomic E-state index is -0.742. The molecule has 0 spiro atoms. The number of likely N-dealkylation sites (tertiary alicyclic amines) is 1. The second-order valence-electron chi connectivity index (χ2n) is 4.66. The molecular weight excluding hydrogens is 194 g/mol. The van der Waals surface area contributed by atoms with E-state index in [1.54, 1.807) is 7.11 Å². The highest BCUT2D eigenvalue weighted by Gasteiger charge is 2.37. The monoisotopic (exact) mass is 215 g/mol. The van der Waals surface area contributed by atoms with Gasteiger partial charge in [0.15, 0.2) is 0 Å². The van der Waals surface area contributed by atoms with Crippen molar-refractivity contribution in [3.63, 3.8) is 0 Å². The van der Waals surface area contributed by atoms with Gasteiger partial charge in [-0.25, -0.2) is 0 Å². The molecule has 0 bridgehead atoms. The Balaban J connectivity index is 2.42. The molecule has 4 heteroatoms. The highest BCUT2D eigenvalue weighted by molar-refractivity contribution is 5.71. The van der Waals surface area contributed by atoms with E-state index >= 15 is 0 Å². The van der Waals surface area contributed by atoms with E-state index in [-0.39, 0.29) is 12.0 Å². The molecule has 1 aliphatic rings. The van der Waals surface area contributed by atoms with E-state index in [9.17, 15) is 4.79 Å². The fourth-order valence-corrected chi connectivity index (χ4v) is 1.95. The molecular formula is C11H21NO3. The van der Waals surface area contributed by atoms with Crippen LogP contribution in [-0.2, 0) is 9.53 Å². The Morgan fingerprint density at radius 1 is 1.53 bits per heavy atom. The Hall–Kier alpha value is -0.610. The van der Waals surface area contributed by atoms with Crippen LogP contribution >= 0.6 is 0 Å². The second kappa shape index (κ2) is 5.47. The summed E-state index contributed by atoms with van der Waals surface area (Å²) in [5.41, 5.74) is 0. The van der Waals surface area contributed by atoms with Crippen LogP contribution in [0.5, 0.6) is 0 Å². The SMILES string of the molecule is COC1CN(CCC(C)C)CC1C(=O)O. The number of hydrogen-bond acceptors (Lipinski definition) is 3. The molecule has 0 aromatic carbocycles. The molecule has 15 heavy (non-hydrogen) atoms.